The van der Waals surface area contributed by atoms with Gasteiger partial charge in [0.05, 0.1) is 0 Å². The Hall–Kier alpha value is -2.14. The highest BCUT2D eigenvalue weighted by Crippen LogP contribution is 2.09. The van der Waals surface area contributed by atoms with Crippen molar-refractivity contribution in [1.29, 1.82) is 0 Å². The number of carbonyl (C=O) groups excluding carboxylic acids is 2. The van der Waals surface area contributed by atoms with Gasteiger partial charge in [-0.25, -0.2) is 0 Å². The Labute approximate surface area is 145 Å². The first kappa shape index (κ1) is 16.2. The first-order chi connectivity index (χ1) is 10.6. The highest BCUT2D eigenvalue weighted by atomic mass is 79.9. The maximum absolute atomic E-state index is 11.2. The van der Waals surface area contributed by atoms with E-state index in [-0.39, 0.29) is 9.39 Å². The summed E-state index contributed by atoms with van der Waals surface area (Å²) in [5.41, 5.74) is 2.51. The van der Waals surface area contributed by atoms with Gasteiger partial charge in [-0.1, -0.05) is 36.1 Å². The Kier molecular flexibility index (Phi) is 5.72. The lowest BCUT2D eigenvalue weighted by Gasteiger charge is -1.94. The molecular weight excluding hydrogens is 408 g/mol. The SMILES string of the molecule is O=C(Br)c1cccc(C#CC#Cc2cccc(C(=O)Br)c2)c1. The van der Waals surface area contributed by atoms with Crippen LogP contribution in [-0.2, 0) is 0 Å². The molecule has 2 nitrogen and oxygen atoms in total. The predicted molar refractivity (Wildman–Crippen MR) is 93.2 cm³/mol. The summed E-state index contributed by atoms with van der Waals surface area (Å²) >= 11 is 5.80. The minimum absolute atomic E-state index is 0.182. The van der Waals surface area contributed by atoms with Gasteiger partial charge >= 0.3 is 0 Å². The molecule has 0 saturated carbocycles. The minimum Gasteiger partial charge on any atom is -0.281 e. The second kappa shape index (κ2) is 7.75. The van der Waals surface area contributed by atoms with Crippen LogP contribution in [0.2, 0.25) is 0 Å². The summed E-state index contributed by atoms with van der Waals surface area (Å²) in [6, 6.07) is 13.9. The molecule has 0 spiro atoms. The highest BCUT2D eigenvalue weighted by molar-refractivity contribution is 9.18. The average Bonchev–Trinajstić information content (AvgIpc) is 2.52. The van der Waals surface area contributed by atoms with Crippen LogP contribution < -0.4 is 0 Å². The molecule has 22 heavy (non-hydrogen) atoms. The van der Waals surface area contributed by atoms with Crippen LogP contribution in [-0.4, -0.2) is 9.39 Å². The van der Waals surface area contributed by atoms with E-state index in [1.54, 1.807) is 48.5 Å². The summed E-state index contributed by atoms with van der Waals surface area (Å²) in [6.07, 6.45) is 0. The summed E-state index contributed by atoms with van der Waals surface area (Å²) in [5.74, 6) is 11.2. The van der Waals surface area contributed by atoms with Crippen molar-refractivity contribution in [3.63, 3.8) is 0 Å². The molecule has 0 unspecified atom stereocenters. The average molecular weight is 416 g/mol. The van der Waals surface area contributed by atoms with Crippen LogP contribution in [0.3, 0.4) is 0 Å². The number of hydrogen-bond donors (Lipinski definition) is 0. The van der Waals surface area contributed by atoms with Crippen LogP contribution in [0, 0.1) is 23.7 Å². The van der Waals surface area contributed by atoms with Crippen molar-refractivity contribution in [1.82, 2.24) is 0 Å². The maximum Gasteiger partial charge on any atom is 0.228 e. The molecular formula is C18H8Br2O2. The van der Waals surface area contributed by atoms with Crippen LogP contribution in [0.15, 0.2) is 48.5 Å². The first-order valence-corrected chi connectivity index (χ1v) is 7.76. The molecule has 0 heterocycles. The third kappa shape index (κ3) is 4.70. The molecule has 0 bridgehead atoms. The Morgan fingerprint density at radius 3 is 1.50 bits per heavy atom. The zero-order valence-electron chi connectivity index (χ0n) is 11.2. The van der Waals surface area contributed by atoms with E-state index in [2.05, 4.69) is 55.5 Å². The summed E-state index contributed by atoms with van der Waals surface area (Å²) < 4.78 is -0.364. The topological polar surface area (TPSA) is 34.1 Å². The fraction of sp³-hybridized carbons (Fsp3) is 0. The van der Waals surface area contributed by atoms with E-state index in [1.807, 2.05) is 0 Å². The van der Waals surface area contributed by atoms with Crippen molar-refractivity contribution in [2.45, 2.75) is 0 Å². The number of halogens is 2. The molecule has 0 N–H and O–H groups in total. The molecule has 0 aromatic heterocycles. The lowest BCUT2D eigenvalue weighted by atomic mass is 10.1. The van der Waals surface area contributed by atoms with E-state index in [9.17, 15) is 9.59 Å². The van der Waals surface area contributed by atoms with Crippen LogP contribution >= 0.6 is 31.9 Å². The van der Waals surface area contributed by atoms with Gasteiger partial charge in [-0.15, -0.1) is 0 Å². The standard InChI is InChI=1S/C18H8Br2O2/c19-17(21)15-9-3-7-13(11-15)5-1-2-6-14-8-4-10-16(12-14)18(20)22/h3-4,7-12H. The maximum atomic E-state index is 11.2. The van der Waals surface area contributed by atoms with Gasteiger partial charge in [0.25, 0.3) is 0 Å². The minimum atomic E-state index is -0.182. The van der Waals surface area contributed by atoms with E-state index in [0.717, 1.165) is 0 Å². The Morgan fingerprint density at radius 2 is 1.14 bits per heavy atom. The van der Waals surface area contributed by atoms with Crippen molar-refractivity contribution in [3.8, 4) is 23.7 Å². The molecule has 2 rings (SSSR count). The molecule has 0 aliphatic heterocycles. The Bertz CT molecular complexity index is 788. The molecule has 4 heteroatoms. The highest BCUT2D eigenvalue weighted by Gasteiger charge is 2.00. The normalized spacial score (nSPS) is 9.00. The molecule has 0 amide bonds. The summed E-state index contributed by atoms with van der Waals surface area (Å²) in [5, 5.41) is 0. The van der Waals surface area contributed by atoms with E-state index in [0.29, 0.717) is 22.3 Å². The van der Waals surface area contributed by atoms with E-state index < -0.39 is 0 Å². The van der Waals surface area contributed by atoms with Gasteiger partial charge in [0.2, 0.25) is 9.39 Å². The molecule has 0 aliphatic rings. The third-order valence-electron chi connectivity index (χ3n) is 2.66. The van der Waals surface area contributed by atoms with Gasteiger partial charge in [-0.2, -0.15) is 0 Å². The van der Waals surface area contributed by atoms with Crippen molar-refractivity contribution >= 4 is 41.2 Å². The van der Waals surface area contributed by atoms with Crippen LogP contribution in [0.4, 0.5) is 0 Å². The van der Waals surface area contributed by atoms with Crippen molar-refractivity contribution in [3.05, 3.63) is 70.8 Å². The van der Waals surface area contributed by atoms with Crippen LogP contribution in [0.25, 0.3) is 0 Å². The van der Waals surface area contributed by atoms with Crippen molar-refractivity contribution in [2.75, 3.05) is 0 Å². The van der Waals surface area contributed by atoms with Crippen molar-refractivity contribution < 1.29 is 9.59 Å². The molecule has 2 aromatic rings. The second-order valence-corrected chi connectivity index (χ2v) is 5.65. The monoisotopic (exact) mass is 414 g/mol. The quantitative estimate of drug-likeness (QED) is 0.545. The van der Waals surface area contributed by atoms with Gasteiger partial charge in [0, 0.05) is 22.3 Å². The third-order valence-corrected chi connectivity index (χ3v) is 3.57. The molecule has 0 aliphatic carbocycles. The zero-order chi connectivity index (χ0) is 15.9. The Morgan fingerprint density at radius 1 is 0.727 bits per heavy atom. The van der Waals surface area contributed by atoms with E-state index in [1.165, 1.54) is 0 Å². The summed E-state index contributed by atoms with van der Waals surface area (Å²) in [6.45, 7) is 0. The molecule has 0 saturated heterocycles. The molecule has 2 aromatic carbocycles. The van der Waals surface area contributed by atoms with Crippen molar-refractivity contribution in [2.24, 2.45) is 0 Å². The fourth-order valence-electron chi connectivity index (χ4n) is 1.65. The fourth-order valence-corrected chi connectivity index (χ4v) is 2.14. The van der Waals surface area contributed by atoms with Gasteiger partial charge in [0.15, 0.2) is 0 Å². The van der Waals surface area contributed by atoms with E-state index >= 15 is 0 Å². The van der Waals surface area contributed by atoms with Gasteiger partial charge in [-0.05, 0) is 68.0 Å². The van der Waals surface area contributed by atoms with Gasteiger partial charge in [-0.3, -0.25) is 9.59 Å². The number of rotatable bonds is 2. The first-order valence-electron chi connectivity index (χ1n) is 6.18. The van der Waals surface area contributed by atoms with Crippen LogP contribution in [0.1, 0.15) is 31.8 Å². The number of benzene rings is 2. The van der Waals surface area contributed by atoms with Gasteiger partial charge in [0.1, 0.15) is 0 Å². The second-order valence-electron chi connectivity index (χ2n) is 4.21. The van der Waals surface area contributed by atoms with Crippen LogP contribution in [0.5, 0.6) is 0 Å². The smallest absolute Gasteiger partial charge is 0.228 e. The molecule has 0 atom stereocenters. The summed E-state index contributed by atoms with van der Waals surface area (Å²) in [4.78, 5) is 22.4. The molecule has 0 radical (unpaired) electrons. The molecule has 0 fully saturated rings. The van der Waals surface area contributed by atoms with E-state index in [4.69, 9.17) is 0 Å². The lowest BCUT2D eigenvalue weighted by Crippen LogP contribution is -1.88. The van der Waals surface area contributed by atoms with Gasteiger partial charge < -0.3 is 0 Å². The zero-order valence-corrected chi connectivity index (χ0v) is 14.4. The summed E-state index contributed by atoms with van der Waals surface area (Å²) in [7, 11) is 0. The Balaban J connectivity index is 2.18. The molecule has 106 valence electrons. The number of carbonyl (C=O) groups is 2. The largest absolute Gasteiger partial charge is 0.281 e. The number of hydrogen-bond acceptors (Lipinski definition) is 2. The lowest BCUT2D eigenvalue weighted by molar-refractivity contribution is 0.108. The predicted octanol–water partition coefficient (Wildman–Crippen LogP) is 4.16.